The zero-order chi connectivity index (χ0) is 10.2. The summed E-state index contributed by atoms with van der Waals surface area (Å²) in [5.74, 6) is 1.20. The molecule has 1 N–H and O–H groups in total. The fourth-order valence-electron chi connectivity index (χ4n) is 1.57. The molecule has 1 aromatic heterocycles. The average Bonchev–Trinajstić information content (AvgIpc) is 2.65. The van der Waals surface area contributed by atoms with Crippen molar-refractivity contribution in [3.63, 3.8) is 0 Å². The summed E-state index contributed by atoms with van der Waals surface area (Å²) in [6, 6.07) is 0. The van der Waals surface area contributed by atoms with Gasteiger partial charge in [0.2, 0.25) is 0 Å². The molecule has 0 aliphatic rings. The minimum absolute atomic E-state index is 1.03. The van der Waals surface area contributed by atoms with Crippen molar-refractivity contribution in [2.24, 2.45) is 0 Å². The largest absolute Gasteiger partial charge is 0.335 e. The van der Waals surface area contributed by atoms with Crippen molar-refractivity contribution in [3.8, 4) is 0 Å². The average molecular weight is 195 g/mol. The van der Waals surface area contributed by atoms with E-state index in [2.05, 4.69) is 34.9 Å². The number of aryl methyl sites for hydroxylation is 2. The van der Waals surface area contributed by atoms with Crippen LogP contribution in [0.25, 0.3) is 0 Å². The summed E-state index contributed by atoms with van der Waals surface area (Å²) in [7, 11) is 0. The lowest BCUT2D eigenvalue weighted by molar-refractivity contribution is 0.563. The van der Waals surface area contributed by atoms with Gasteiger partial charge in [0.05, 0.1) is 0 Å². The van der Waals surface area contributed by atoms with Gasteiger partial charge in [-0.05, 0) is 25.9 Å². The Labute approximate surface area is 86.5 Å². The first-order valence-electron chi connectivity index (χ1n) is 5.59. The maximum absolute atomic E-state index is 4.30. The highest BCUT2D eigenvalue weighted by Gasteiger charge is 1.98. The Balaban J connectivity index is 2.17. The number of rotatable bonds is 7. The molecule has 0 spiro atoms. The predicted molar refractivity (Wildman–Crippen MR) is 59.4 cm³/mol. The third kappa shape index (κ3) is 3.50. The normalized spacial score (nSPS) is 10.7. The molecule has 3 heteroatoms. The second-order valence-corrected chi connectivity index (χ2v) is 3.45. The molecule has 0 atom stereocenters. The summed E-state index contributed by atoms with van der Waals surface area (Å²) in [6.07, 6.45) is 7.47. The van der Waals surface area contributed by atoms with E-state index in [1.54, 1.807) is 0 Å². The highest BCUT2D eigenvalue weighted by atomic mass is 15.1. The van der Waals surface area contributed by atoms with Crippen LogP contribution < -0.4 is 5.32 Å². The number of hydrogen-bond donors (Lipinski definition) is 1. The molecular formula is C11H21N3. The second-order valence-electron chi connectivity index (χ2n) is 3.45. The van der Waals surface area contributed by atoms with Gasteiger partial charge in [-0.1, -0.05) is 13.8 Å². The third-order valence-electron chi connectivity index (χ3n) is 2.37. The Hall–Kier alpha value is -0.830. The van der Waals surface area contributed by atoms with E-state index in [1.807, 2.05) is 6.20 Å². The molecule has 80 valence electrons. The molecule has 0 aliphatic carbocycles. The summed E-state index contributed by atoms with van der Waals surface area (Å²) in [5.41, 5.74) is 0. The van der Waals surface area contributed by atoms with Gasteiger partial charge < -0.3 is 9.88 Å². The third-order valence-corrected chi connectivity index (χ3v) is 2.37. The van der Waals surface area contributed by atoms with E-state index in [-0.39, 0.29) is 0 Å². The van der Waals surface area contributed by atoms with Gasteiger partial charge in [0, 0.05) is 25.4 Å². The lowest BCUT2D eigenvalue weighted by atomic mass is 10.3. The van der Waals surface area contributed by atoms with Crippen LogP contribution in [0.5, 0.6) is 0 Å². The summed E-state index contributed by atoms with van der Waals surface area (Å²) in [5, 5.41) is 3.33. The van der Waals surface area contributed by atoms with Gasteiger partial charge in [-0.2, -0.15) is 0 Å². The molecule has 0 saturated heterocycles. The summed E-state index contributed by atoms with van der Waals surface area (Å²) >= 11 is 0. The van der Waals surface area contributed by atoms with Crippen LogP contribution in [0.15, 0.2) is 12.4 Å². The minimum atomic E-state index is 1.03. The number of hydrogen-bond acceptors (Lipinski definition) is 2. The van der Waals surface area contributed by atoms with Crippen LogP contribution in [0.2, 0.25) is 0 Å². The molecule has 1 heterocycles. The van der Waals surface area contributed by atoms with Crippen molar-refractivity contribution in [1.29, 1.82) is 0 Å². The van der Waals surface area contributed by atoms with Crippen LogP contribution in [0.4, 0.5) is 0 Å². The van der Waals surface area contributed by atoms with Crippen molar-refractivity contribution >= 4 is 0 Å². The molecule has 0 bridgehead atoms. The number of imidazole rings is 1. The van der Waals surface area contributed by atoms with Crippen molar-refractivity contribution in [2.75, 3.05) is 13.1 Å². The van der Waals surface area contributed by atoms with Gasteiger partial charge in [0.1, 0.15) is 5.82 Å². The van der Waals surface area contributed by atoms with Gasteiger partial charge in [0.25, 0.3) is 0 Å². The SMILES string of the molecule is CCNCCCCn1ccnc1CC. The van der Waals surface area contributed by atoms with Crippen LogP contribution in [0.1, 0.15) is 32.5 Å². The highest BCUT2D eigenvalue weighted by Crippen LogP contribution is 2.01. The number of nitrogens with zero attached hydrogens (tertiary/aromatic N) is 2. The molecular weight excluding hydrogens is 174 g/mol. The molecule has 0 saturated carbocycles. The van der Waals surface area contributed by atoms with E-state index in [9.17, 15) is 0 Å². The van der Waals surface area contributed by atoms with Gasteiger partial charge in [-0.3, -0.25) is 0 Å². The quantitative estimate of drug-likeness (QED) is 0.673. The lowest BCUT2D eigenvalue weighted by Gasteiger charge is -2.06. The van der Waals surface area contributed by atoms with Crippen LogP contribution in [0.3, 0.4) is 0 Å². The Morgan fingerprint density at radius 3 is 2.93 bits per heavy atom. The van der Waals surface area contributed by atoms with Gasteiger partial charge in [-0.25, -0.2) is 4.98 Å². The van der Waals surface area contributed by atoms with E-state index in [1.165, 1.54) is 18.7 Å². The molecule has 0 aromatic carbocycles. The van der Waals surface area contributed by atoms with Gasteiger partial charge in [0.15, 0.2) is 0 Å². The minimum Gasteiger partial charge on any atom is -0.335 e. The molecule has 1 aromatic rings. The highest BCUT2D eigenvalue weighted by molar-refractivity contribution is 4.91. The predicted octanol–water partition coefficient (Wildman–Crippen LogP) is 1.84. The topological polar surface area (TPSA) is 29.9 Å². The second kappa shape index (κ2) is 6.60. The van der Waals surface area contributed by atoms with Crippen molar-refractivity contribution in [1.82, 2.24) is 14.9 Å². The standard InChI is InChI=1S/C11H21N3/c1-3-11-13-8-10-14(11)9-6-5-7-12-4-2/h8,10,12H,3-7,9H2,1-2H3. The Bertz CT molecular complexity index is 242. The first kappa shape index (κ1) is 11.2. The van der Waals surface area contributed by atoms with Crippen LogP contribution in [0, 0.1) is 0 Å². The lowest BCUT2D eigenvalue weighted by Crippen LogP contribution is -2.14. The molecule has 0 unspecified atom stereocenters. The maximum Gasteiger partial charge on any atom is 0.108 e. The first-order chi connectivity index (χ1) is 6.88. The van der Waals surface area contributed by atoms with Crippen molar-refractivity contribution < 1.29 is 0 Å². The smallest absolute Gasteiger partial charge is 0.108 e. The zero-order valence-corrected chi connectivity index (χ0v) is 9.29. The Morgan fingerprint density at radius 1 is 1.36 bits per heavy atom. The van der Waals surface area contributed by atoms with E-state index in [4.69, 9.17) is 0 Å². The maximum atomic E-state index is 4.30. The molecule has 14 heavy (non-hydrogen) atoms. The molecule has 3 nitrogen and oxygen atoms in total. The Kier molecular flexibility index (Phi) is 5.30. The van der Waals surface area contributed by atoms with E-state index < -0.39 is 0 Å². The molecule has 0 aliphatic heterocycles. The molecule has 0 radical (unpaired) electrons. The van der Waals surface area contributed by atoms with Gasteiger partial charge in [-0.15, -0.1) is 0 Å². The first-order valence-corrected chi connectivity index (χ1v) is 5.59. The number of unbranched alkanes of at least 4 members (excludes halogenated alkanes) is 1. The van der Waals surface area contributed by atoms with Gasteiger partial charge >= 0.3 is 0 Å². The van der Waals surface area contributed by atoms with E-state index >= 15 is 0 Å². The fraction of sp³-hybridized carbons (Fsp3) is 0.727. The van der Waals surface area contributed by atoms with Crippen LogP contribution in [-0.2, 0) is 13.0 Å². The summed E-state index contributed by atoms with van der Waals surface area (Å²) < 4.78 is 2.26. The number of nitrogens with one attached hydrogen (secondary N) is 1. The zero-order valence-electron chi connectivity index (χ0n) is 9.29. The van der Waals surface area contributed by atoms with Crippen LogP contribution >= 0.6 is 0 Å². The van der Waals surface area contributed by atoms with Crippen LogP contribution in [-0.4, -0.2) is 22.6 Å². The molecule has 0 fully saturated rings. The van der Waals surface area contributed by atoms with E-state index in [0.29, 0.717) is 0 Å². The van der Waals surface area contributed by atoms with Crippen molar-refractivity contribution in [3.05, 3.63) is 18.2 Å². The monoisotopic (exact) mass is 195 g/mol. The molecule has 0 amide bonds. The summed E-state index contributed by atoms with van der Waals surface area (Å²) in [6.45, 7) is 7.61. The van der Waals surface area contributed by atoms with Crippen molar-refractivity contribution in [2.45, 2.75) is 39.7 Å². The van der Waals surface area contributed by atoms with E-state index in [0.717, 1.165) is 26.1 Å². The molecule has 1 rings (SSSR count). The fourth-order valence-corrected chi connectivity index (χ4v) is 1.57. The summed E-state index contributed by atoms with van der Waals surface area (Å²) in [4.78, 5) is 4.30. The number of aromatic nitrogens is 2. The Morgan fingerprint density at radius 2 is 2.21 bits per heavy atom.